The summed E-state index contributed by atoms with van der Waals surface area (Å²) < 4.78 is 30.7. The number of ether oxygens (including phenoxy) is 1. The minimum absolute atomic E-state index is 0.148. The van der Waals surface area contributed by atoms with Crippen molar-refractivity contribution in [3.05, 3.63) is 65.2 Å². The van der Waals surface area contributed by atoms with Gasteiger partial charge in [0.05, 0.1) is 17.5 Å². The van der Waals surface area contributed by atoms with E-state index >= 15 is 0 Å². The summed E-state index contributed by atoms with van der Waals surface area (Å²) in [6, 6.07) is 13.8. The maximum absolute atomic E-state index is 12.8. The molecule has 2 aromatic carbocycles. The average molecular weight is 414 g/mol. The molecule has 0 unspecified atom stereocenters. The van der Waals surface area contributed by atoms with Gasteiger partial charge < -0.3 is 10.1 Å². The zero-order valence-corrected chi connectivity index (χ0v) is 16.8. The number of fused-ring (bicyclic) bond motifs is 1. The molecule has 2 aromatic rings. The zero-order valence-electron chi connectivity index (χ0n) is 16.0. The molecule has 7 nitrogen and oxygen atoms in total. The van der Waals surface area contributed by atoms with Crippen molar-refractivity contribution in [3.8, 4) is 0 Å². The molecule has 0 saturated heterocycles. The predicted octanol–water partition coefficient (Wildman–Crippen LogP) is 2.19. The van der Waals surface area contributed by atoms with Gasteiger partial charge in [0, 0.05) is 18.2 Å². The number of nitrogens with one attached hydrogen (secondary N) is 1. The van der Waals surface area contributed by atoms with Crippen molar-refractivity contribution in [3.63, 3.8) is 0 Å². The van der Waals surface area contributed by atoms with Crippen LogP contribution in [0.4, 0.5) is 5.69 Å². The fourth-order valence-electron chi connectivity index (χ4n) is 3.42. The van der Waals surface area contributed by atoms with Crippen molar-refractivity contribution in [2.24, 2.45) is 0 Å². The Balaban J connectivity index is 1.56. The van der Waals surface area contributed by atoms with Gasteiger partial charge in [0.15, 0.2) is 0 Å². The van der Waals surface area contributed by atoms with E-state index in [9.17, 15) is 18.0 Å². The highest BCUT2D eigenvalue weighted by atomic mass is 32.2. The van der Waals surface area contributed by atoms with Gasteiger partial charge in [-0.05, 0) is 43.0 Å². The molecule has 1 atom stereocenters. The third kappa shape index (κ3) is 4.27. The van der Waals surface area contributed by atoms with E-state index in [1.54, 1.807) is 36.4 Å². The maximum Gasteiger partial charge on any atom is 0.339 e. The summed E-state index contributed by atoms with van der Waals surface area (Å²) in [5.74, 6) is -0.957. The van der Waals surface area contributed by atoms with Crippen molar-refractivity contribution in [2.45, 2.75) is 31.4 Å². The van der Waals surface area contributed by atoms with Crippen LogP contribution in [0, 0.1) is 0 Å². The van der Waals surface area contributed by atoms with Crippen LogP contribution in [0.1, 0.15) is 40.4 Å². The normalized spacial score (nSPS) is 16.8. The van der Waals surface area contributed by atoms with Crippen LogP contribution in [0.15, 0.2) is 48.5 Å². The lowest BCUT2D eigenvalue weighted by atomic mass is 10.1. The summed E-state index contributed by atoms with van der Waals surface area (Å²) in [6.45, 7) is 0.350. The molecule has 0 aromatic heterocycles. The molecule has 8 heteroatoms. The lowest BCUT2D eigenvalue weighted by Gasteiger charge is -2.19. The highest BCUT2D eigenvalue weighted by Crippen LogP contribution is 2.31. The quantitative estimate of drug-likeness (QED) is 0.732. The number of hydrogen-bond acceptors (Lipinski definition) is 5. The van der Waals surface area contributed by atoms with E-state index in [2.05, 4.69) is 5.32 Å². The summed E-state index contributed by atoms with van der Waals surface area (Å²) in [4.78, 5) is 25.4. The van der Waals surface area contributed by atoms with Gasteiger partial charge in [-0.3, -0.25) is 9.10 Å². The van der Waals surface area contributed by atoms with Gasteiger partial charge in [-0.15, -0.1) is 0 Å². The first-order chi connectivity index (χ1) is 13.8. The number of esters is 1. The number of benzene rings is 2. The van der Waals surface area contributed by atoms with E-state index < -0.39 is 22.1 Å². The predicted molar refractivity (Wildman–Crippen MR) is 108 cm³/mol. The van der Waals surface area contributed by atoms with E-state index in [-0.39, 0.29) is 11.9 Å². The summed E-state index contributed by atoms with van der Waals surface area (Å²) in [6.07, 6.45) is 2.51. The molecule has 152 valence electrons. The van der Waals surface area contributed by atoms with Crippen molar-refractivity contribution in [2.75, 3.05) is 17.1 Å². The number of rotatable bonds is 6. The van der Waals surface area contributed by atoms with Crippen LogP contribution in [0.3, 0.4) is 0 Å². The van der Waals surface area contributed by atoms with E-state index in [0.717, 1.165) is 24.7 Å². The SMILES string of the molecule is CS(=O)(=O)N1CCc2cc(C(=O)O[C@H](C(=O)NC3CC3)c3ccccc3)ccc21. The second-order valence-corrected chi connectivity index (χ2v) is 9.31. The van der Waals surface area contributed by atoms with E-state index in [1.165, 1.54) is 10.4 Å². The maximum atomic E-state index is 12.8. The van der Waals surface area contributed by atoms with Crippen molar-refractivity contribution in [1.82, 2.24) is 5.32 Å². The summed E-state index contributed by atoms with van der Waals surface area (Å²) in [5.41, 5.74) is 2.24. The Hall–Kier alpha value is -2.87. The van der Waals surface area contributed by atoms with Crippen LogP contribution in [-0.4, -0.2) is 39.1 Å². The molecular formula is C21H22N2O5S. The molecular weight excluding hydrogens is 392 g/mol. The molecule has 0 bridgehead atoms. The summed E-state index contributed by atoms with van der Waals surface area (Å²) in [5, 5.41) is 2.88. The Morgan fingerprint density at radius 1 is 1.14 bits per heavy atom. The third-order valence-electron chi connectivity index (χ3n) is 5.06. The molecule has 1 N–H and O–H groups in total. The second kappa shape index (κ2) is 7.51. The number of carbonyl (C=O) groups excluding carboxylic acids is 2. The standard InChI is InChI=1S/C21H22N2O5S/c1-29(26,27)23-12-11-15-13-16(7-10-18(15)23)21(25)28-19(14-5-3-2-4-6-14)20(24)22-17-8-9-17/h2-7,10,13,17,19H,8-9,11-12H2,1H3,(H,22,24)/t19-/m0/s1. The highest BCUT2D eigenvalue weighted by Gasteiger charge is 2.32. The summed E-state index contributed by atoms with van der Waals surface area (Å²) in [7, 11) is -3.36. The fraction of sp³-hybridized carbons (Fsp3) is 0.333. The largest absolute Gasteiger partial charge is 0.444 e. The first-order valence-corrected chi connectivity index (χ1v) is 11.3. The first-order valence-electron chi connectivity index (χ1n) is 9.50. The Labute approximate surface area is 169 Å². The number of amides is 1. The molecule has 2 aliphatic rings. The first kappa shape index (κ1) is 19.4. The Bertz CT molecular complexity index is 1050. The van der Waals surface area contributed by atoms with Gasteiger partial charge in [0.1, 0.15) is 0 Å². The van der Waals surface area contributed by atoms with Gasteiger partial charge in [-0.25, -0.2) is 13.2 Å². The smallest absolute Gasteiger partial charge is 0.339 e. The van der Waals surface area contributed by atoms with Crippen LogP contribution in [0.5, 0.6) is 0 Å². The highest BCUT2D eigenvalue weighted by molar-refractivity contribution is 7.92. The lowest BCUT2D eigenvalue weighted by Crippen LogP contribution is -2.33. The minimum Gasteiger partial charge on any atom is -0.444 e. The van der Waals surface area contributed by atoms with Crippen LogP contribution in [0.25, 0.3) is 0 Å². The third-order valence-corrected chi connectivity index (χ3v) is 6.24. The van der Waals surface area contributed by atoms with Gasteiger partial charge in [0.25, 0.3) is 5.91 Å². The molecule has 1 fully saturated rings. The Kier molecular flexibility index (Phi) is 5.04. The van der Waals surface area contributed by atoms with Crippen molar-refractivity contribution in [1.29, 1.82) is 0 Å². The zero-order chi connectivity index (χ0) is 20.6. The van der Waals surface area contributed by atoms with Crippen LogP contribution >= 0.6 is 0 Å². The molecule has 1 aliphatic carbocycles. The number of nitrogens with zero attached hydrogens (tertiary/aromatic N) is 1. The Morgan fingerprint density at radius 2 is 1.86 bits per heavy atom. The lowest BCUT2D eigenvalue weighted by molar-refractivity contribution is -0.130. The molecule has 1 amide bonds. The fourth-order valence-corrected chi connectivity index (χ4v) is 4.38. The number of hydrogen-bond donors (Lipinski definition) is 1. The summed E-state index contributed by atoms with van der Waals surface area (Å²) >= 11 is 0. The number of anilines is 1. The minimum atomic E-state index is -3.36. The van der Waals surface area contributed by atoms with Gasteiger partial charge in [0.2, 0.25) is 16.1 Å². The van der Waals surface area contributed by atoms with Crippen molar-refractivity contribution < 1.29 is 22.7 Å². The molecule has 1 aliphatic heterocycles. The van der Waals surface area contributed by atoms with Crippen LogP contribution in [0.2, 0.25) is 0 Å². The van der Waals surface area contributed by atoms with E-state index in [0.29, 0.717) is 29.8 Å². The second-order valence-electron chi connectivity index (χ2n) is 7.41. The monoisotopic (exact) mass is 414 g/mol. The molecule has 1 saturated carbocycles. The van der Waals surface area contributed by atoms with Crippen LogP contribution < -0.4 is 9.62 Å². The Morgan fingerprint density at radius 3 is 2.52 bits per heavy atom. The van der Waals surface area contributed by atoms with E-state index in [1.807, 2.05) is 6.07 Å². The van der Waals surface area contributed by atoms with Crippen molar-refractivity contribution >= 4 is 27.6 Å². The van der Waals surface area contributed by atoms with Gasteiger partial charge >= 0.3 is 5.97 Å². The average Bonchev–Trinajstić information content (AvgIpc) is 3.39. The molecule has 1 heterocycles. The molecule has 0 radical (unpaired) electrons. The number of carbonyl (C=O) groups is 2. The van der Waals surface area contributed by atoms with Gasteiger partial charge in [-0.2, -0.15) is 0 Å². The molecule has 0 spiro atoms. The van der Waals surface area contributed by atoms with Gasteiger partial charge in [-0.1, -0.05) is 30.3 Å². The topological polar surface area (TPSA) is 92.8 Å². The molecule has 29 heavy (non-hydrogen) atoms. The van der Waals surface area contributed by atoms with Crippen LogP contribution in [-0.2, 0) is 26.0 Å². The number of sulfonamides is 1. The molecule has 4 rings (SSSR count). The van der Waals surface area contributed by atoms with E-state index in [4.69, 9.17) is 4.74 Å².